The van der Waals surface area contributed by atoms with Crippen molar-refractivity contribution in [1.29, 1.82) is 0 Å². The first-order valence-electron chi connectivity index (χ1n) is 2.98. The first kappa shape index (κ1) is 8.76. The predicted octanol–water partition coefficient (Wildman–Crippen LogP) is 1.88. The van der Waals surface area contributed by atoms with E-state index in [1.165, 1.54) is 0 Å². The molecule has 0 aliphatic rings. The molecular weight excluding hydrogens is 132 g/mol. The van der Waals surface area contributed by atoms with E-state index < -0.39 is 0 Å². The summed E-state index contributed by atoms with van der Waals surface area (Å²) in [5.41, 5.74) is 0.907. The average Bonchev–Trinajstić information content (AvgIpc) is 1.88. The molecule has 0 rings (SSSR count). The highest BCUT2D eigenvalue weighted by Gasteiger charge is 1.89. The molecule has 0 amide bonds. The standard InChI is InChI=1S/C7H12OS/c1-3-4-7(5-8)6-9-2/h4-5H,3,6H2,1-2H3. The third kappa shape index (κ3) is 4.28. The number of hydrogen-bond acceptors (Lipinski definition) is 2. The third-order valence-electron chi connectivity index (χ3n) is 0.929. The second-order valence-electron chi connectivity index (χ2n) is 1.74. The van der Waals surface area contributed by atoms with Gasteiger partial charge in [0.15, 0.2) is 0 Å². The van der Waals surface area contributed by atoms with Gasteiger partial charge in [0.2, 0.25) is 0 Å². The molecule has 0 radical (unpaired) electrons. The monoisotopic (exact) mass is 144 g/mol. The van der Waals surface area contributed by atoms with Crippen molar-refractivity contribution < 1.29 is 4.79 Å². The minimum absolute atomic E-state index is 0.845. The summed E-state index contributed by atoms with van der Waals surface area (Å²) in [5, 5.41) is 0. The zero-order valence-corrected chi connectivity index (χ0v) is 6.70. The van der Waals surface area contributed by atoms with Gasteiger partial charge in [-0.1, -0.05) is 13.0 Å². The van der Waals surface area contributed by atoms with Crippen molar-refractivity contribution in [3.63, 3.8) is 0 Å². The highest BCUT2D eigenvalue weighted by atomic mass is 32.2. The summed E-state index contributed by atoms with van der Waals surface area (Å²) in [5.74, 6) is 0.845. The van der Waals surface area contributed by atoms with Crippen molar-refractivity contribution in [2.45, 2.75) is 13.3 Å². The fourth-order valence-electron chi connectivity index (χ4n) is 0.570. The van der Waals surface area contributed by atoms with Gasteiger partial charge in [-0.2, -0.15) is 11.8 Å². The molecule has 9 heavy (non-hydrogen) atoms. The number of carbonyl (C=O) groups excluding carboxylic acids is 1. The molecular formula is C7H12OS. The van der Waals surface area contributed by atoms with Crippen LogP contribution in [0, 0.1) is 0 Å². The number of thioether (sulfide) groups is 1. The van der Waals surface area contributed by atoms with E-state index in [2.05, 4.69) is 0 Å². The smallest absolute Gasteiger partial charge is 0.146 e. The van der Waals surface area contributed by atoms with Crippen molar-refractivity contribution >= 4 is 18.0 Å². The highest BCUT2D eigenvalue weighted by molar-refractivity contribution is 7.98. The van der Waals surface area contributed by atoms with Crippen LogP contribution < -0.4 is 0 Å². The van der Waals surface area contributed by atoms with E-state index in [4.69, 9.17) is 0 Å². The van der Waals surface area contributed by atoms with E-state index >= 15 is 0 Å². The quantitative estimate of drug-likeness (QED) is 0.442. The van der Waals surface area contributed by atoms with Crippen LogP contribution in [0.2, 0.25) is 0 Å². The molecule has 0 aromatic carbocycles. The third-order valence-corrected chi connectivity index (χ3v) is 1.55. The highest BCUT2D eigenvalue weighted by Crippen LogP contribution is 2.01. The van der Waals surface area contributed by atoms with Crippen molar-refractivity contribution in [3.05, 3.63) is 11.6 Å². The molecule has 0 saturated heterocycles. The van der Waals surface area contributed by atoms with E-state index in [-0.39, 0.29) is 0 Å². The lowest BCUT2D eigenvalue weighted by molar-refractivity contribution is -0.104. The van der Waals surface area contributed by atoms with Crippen molar-refractivity contribution in [2.24, 2.45) is 0 Å². The summed E-state index contributed by atoms with van der Waals surface area (Å²) >= 11 is 1.67. The van der Waals surface area contributed by atoms with Gasteiger partial charge in [0.25, 0.3) is 0 Å². The Morgan fingerprint density at radius 2 is 2.33 bits per heavy atom. The van der Waals surface area contributed by atoms with Crippen LogP contribution in [0.1, 0.15) is 13.3 Å². The maximum absolute atomic E-state index is 10.2. The molecule has 0 heterocycles. The van der Waals surface area contributed by atoms with E-state index in [9.17, 15) is 4.79 Å². The summed E-state index contributed by atoms with van der Waals surface area (Å²) < 4.78 is 0. The molecule has 0 N–H and O–H groups in total. The molecule has 0 aromatic heterocycles. The van der Waals surface area contributed by atoms with Crippen LogP contribution in [0.3, 0.4) is 0 Å². The molecule has 0 saturated carbocycles. The lowest BCUT2D eigenvalue weighted by atomic mass is 10.3. The zero-order valence-electron chi connectivity index (χ0n) is 5.89. The SMILES string of the molecule is CCC=C(C=O)CSC. The molecule has 0 aliphatic carbocycles. The molecule has 2 heteroatoms. The molecule has 0 unspecified atom stereocenters. The Bertz CT molecular complexity index is 107. The van der Waals surface area contributed by atoms with Gasteiger partial charge in [-0.25, -0.2) is 0 Å². The van der Waals surface area contributed by atoms with Crippen LogP contribution >= 0.6 is 11.8 Å². The molecule has 0 aliphatic heterocycles. The van der Waals surface area contributed by atoms with Gasteiger partial charge in [-0.15, -0.1) is 0 Å². The Balaban J connectivity index is 3.66. The molecule has 0 fully saturated rings. The fourth-order valence-corrected chi connectivity index (χ4v) is 1.09. The molecule has 52 valence electrons. The second-order valence-corrected chi connectivity index (χ2v) is 2.60. The summed E-state index contributed by atoms with van der Waals surface area (Å²) in [7, 11) is 0. The number of rotatable bonds is 4. The Labute approximate surface area is 60.5 Å². The zero-order chi connectivity index (χ0) is 7.11. The largest absolute Gasteiger partial charge is 0.298 e. The van der Waals surface area contributed by atoms with E-state index in [1.807, 2.05) is 19.3 Å². The van der Waals surface area contributed by atoms with Crippen molar-refractivity contribution in [1.82, 2.24) is 0 Å². The average molecular weight is 144 g/mol. The molecule has 0 atom stereocenters. The Hall–Kier alpha value is -0.240. The van der Waals surface area contributed by atoms with Gasteiger partial charge < -0.3 is 0 Å². The van der Waals surface area contributed by atoms with Crippen LogP contribution in [0.15, 0.2) is 11.6 Å². The lowest BCUT2D eigenvalue weighted by Crippen LogP contribution is -1.86. The lowest BCUT2D eigenvalue weighted by Gasteiger charge is -1.92. The molecule has 1 nitrogen and oxygen atoms in total. The fraction of sp³-hybridized carbons (Fsp3) is 0.571. The van der Waals surface area contributed by atoms with Crippen LogP contribution in [-0.4, -0.2) is 18.3 Å². The van der Waals surface area contributed by atoms with Gasteiger partial charge in [-0.05, 0) is 18.2 Å². The minimum Gasteiger partial charge on any atom is -0.298 e. The van der Waals surface area contributed by atoms with Crippen LogP contribution in [-0.2, 0) is 4.79 Å². The van der Waals surface area contributed by atoms with Crippen molar-refractivity contribution in [3.8, 4) is 0 Å². The summed E-state index contributed by atoms with van der Waals surface area (Å²) in [6.45, 7) is 2.03. The first-order chi connectivity index (χ1) is 4.35. The topological polar surface area (TPSA) is 17.1 Å². The van der Waals surface area contributed by atoms with Gasteiger partial charge in [-0.3, -0.25) is 4.79 Å². The molecule has 0 aromatic rings. The number of hydrogen-bond donors (Lipinski definition) is 0. The van der Waals surface area contributed by atoms with Crippen LogP contribution in [0.25, 0.3) is 0 Å². The number of aldehydes is 1. The Morgan fingerprint density at radius 3 is 2.67 bits per heavy atom. The van der Waals surface area contributed by atoms with Gasteiger partial charge in [0.05, 0.1) is 0 Å². The number of allylic oxidation sites excluding steroid dienone is 1. The first-order valence-corrected chi connectivity index (χ1v) is 4.37. The maximum Gasteiger partial charge on any atom is 0.146 e. The number of carbonyl (C=O) groups is 1. The van der Waals surface area contributed by atoms with Gasteiger partial charge in [0, 0.05) is 5.75 Å². The maximum atomic E-state index is 10.2. The van der Waals surface area contributed by atoms with E-state index in [0.29, 0.717) is 0 Å². The van der Waals surface area contributed by atoms with Crippen LogP contribution in [0.5, 0.6) is 0 Å². The summed E-state index contributed by atoms with van der Waals surface area (Å²) in [4.78, 5) is 10.2. The van der Waals surface area contributed by atoms with E-state index in [1.54, 1.807) is 11.8 Å². The Kier molecular flexibility index (Phi) is 5.73. The summed E-state index contributed by atoms with van der Waals surface area (Å²) in [6.07, 6.45) is 5.84. The molecule has 0 bridgehead atoms. The normalized spacial score (nSPS) is 11.6. The van der Waals surface area contributed by atoms with Crippen molar-refractivity contribution in [2.75, 3.05) is 12.0 Å². The minimum atomic E-state index is 0.845. The predicted molar refractivity (Wildman–Crippen MR) is 42.8 cm³/mol. The van der Waals surface area contributed by atoms with Crippen LogP contribution in [0.4, 0.5) is 0 Å². The second kappa shape index (κ2) is 5.89. The Morgan fingerprint density at radius 1 is 1.67 bits per heavy atom. The summed E-state index contributed by atoms with van der Waals surface area (Å²) in [6, 6.07) is 0. The van der Waals surface area contributed by atoms with E-state index in [0.717, 1.165) is 24.0 Å². The molecule has 0 spiro atoms. The van der Waals surface area contributed by atoms with Gasteiger partial charge in [0.1, 0.15) is 6.29 Å². The van der Waals surface area contributed by atoms with Gasteiger partial charge >= 0.3 is 0 Å².